The smallest absolute Gasteiger partial charge is 0.107 e. The van der Waals surface area contributed by atoms with Crippen LogP contribution < -0.4 is 5.73 Å². The molecule has 100 valence electrons. The van der Waals surface area contributed by atoms with Gasteiger partial charge in [-0.25, -0.2) is 4.98 Å². The molecule has 2 aromatic rings. The maximum Gasteiger partial charge on any atom is 0.107 e. The molecule has 0 amide bonds. The largest absolute Gasteiger partial charge is 0.328 e. The van der Waals surface area contributed by atoms with E-state index in [2.05, 4.69) is 34.5 Å². The maximum absolute atomic E-state index is 5.93. The number of aromatic nitrogens is 1. The Morgan fingerprint density at radius 2 is 1.95 bits per heavy atom. The lowest BCUT2D eigenvalue weighted by Gasteiger charge is -2.29. The van der Waals surface area contributed by atoms with Crippen molar-refractivity contribution in [3.8, 4) is 11.3 Å². The van der Waals surface area contributed by atoms with Gasteiger partial charge in [0.2, 0.25) is 0 Å². The Morgan fingerprint density at radius 1 is 1.21 bits per heavy atom. The molecule has 1 saturated heterocycles. The van der Waals surface area contributed by atoms with Crippen molar-refractivity contribution in [3.05, 3.63) is 40.7 Å². The molecule has 2 heterocycles. The van der Waals surface area contributed by atoms with Crippen LogP contribution in [0.1, 0.15) is 17.8 Å². The summed E-state index contributed by atoms with van der Waals surface area (Å²) in [5, 5.41) is 3.36. The highest BCUT2D eigenvalue weighted by molar-refractivity contribution is 7.09. The average molecular weight is 273 g/mol. The first kappa shape index (κ1) is 12.8. The van der Waals surface area contributed by atoms with Gasteiger partial charge < -0.3 is 5.73 Å². The van der Waals surface area contributed by atoms with E-state index < -0.39 is 0 Å². The van der Waals surface area contributed by atoms with E-state index in [1.807, 2.05) is 6.07 Å². The molecule has 1 aliphatic rings. The van der Waals surface area contributed by atoms with Gasteiger partial charge in [-0.05, 0) is 12.8 Å². The topological polar surface area (TPSA) is 42.1 Å². The Morgan fingerprint density at radius 3 is 2.68 bits per heavy atom. The van der Waals surface area contributed by atoms with Crippen molar-refractivity contribution in [3.63, 3.8) is 0 Å². The molecule has 0 unspecified atom stereocenters. The van der Waals surface area contributed by atoms with Gasteiger partial charge in [-0.3, -0.25) is 4.90 Å². The minimum absolute atomic E-state index is 0.396. The Kier molecular flexibility index (Phi) is 3.92. The highest BCUT2D eigenvalue weighted by atomic mass is 32.1. The fourth-order valence-corrected chi connectivity index (χ4v) is 3.27. The van der Waals surface area contributed by atoms with Crippen LogP contribution in [0.4, 0.5) is 0 Å². The van der Waals surface area contributed by atoms with E-state index in [-0.39, 0.29) is 0 Å². The Balaban J connectivity index is 1.65. The van der Waals surface area contributed by atoms with Crippen molar-refractivity contribution in [2.24, 2.45) is 5.73 Å². The quantitative estimate of drug-likeness (QED) is 0.935. The summed E-state index contributed by atoms with van der Waals surface area (Å²) in [4.78, 5) is 7.19. The molecule has 1 aromatic carbocycles. The number of nitrogens with two attached hydrogens (primary N) is 1. The van der Waals surface area contributed by atoms with Crippen LogP contribution >= 0.6 is 11.3 Å². The number of likely N-dealkylation sites (tertiary alicyclic amines) is 1. The van der Waals surface area contributed by atoms with Crippen molar-refractivity contribution in [1.29, 1.82) is 0 Å². The number of benzene rings is 1. The molecular formula is C15H19N3S. The fourth-order valence-electron chi connectivity index (χ4n) is 2.43. The predicted molar refractivity (Wildman–Crippen MR) is 80.0 cm³/mol. The highest BCUT2D eigenvalue weighted by Crippen LogP contribution is 2.23. The van der Waals surface area contributed by atoms with Gasteiger partial charge >= 0.3 is 0 Å². The van der Waals surface area contributed by atoms with Gasteiger partial charge in [-0.15, -0.1) is 11.3 Å². The molecule has 1 aromatic heterocycles. The summed E-state index contributed by atoms with van der Waals surface area (Å²) in [5.74, 6) is 0. The van der Waals surface area contributed by atoms with Crippen LogP contribution in [0.2, 0.25) is 0 Å². The highest BCUT2D eigenvalue weighted by Gasteiger charge is 2.17. The fraction of sp³-hybridized carbons (Fsp3) is 0.400. The van der Waals surface area contributed by atoms with E-state index in [1.165, 1.54) is 10.6 Å². The normalized spacial score (nSPS) is 17.7. The van der Waals surface area contributed by atoms with Gasteiger partial charge in [0.1, 0.15) is 5.01 Å². The van der Waals surface area contributed by atoms with Gasteiger partial charge in [0.05, 0.1) is 12.2 Å². The summed E-state index contributed by atoms with van der Waals surface area (Å²) >= 11 is 1.75. The van der Waals surface area contributed by atoms with Gasteiger partial charge in [0.25, 0.3) is 0 Å². The molecule has 19 heavy (non-hydrogen) atoms. The van der Waals surface area contributed by atoms with Crippen molar-refractivity contribution in [2.45, 2.75) is 25.4 Å². The first-order valence-electron chi connectivity index (χ1n) is 6.79. The molecule has 1 fully saturated rings. The minimum atomic E-state index is 0.396. The van der Waals surface area contributed by atoms with Gasteiger partial charge in [-0.1, -0.05) is 30.3 Å². The molecule has 0 spiro atoms. The second-order valence-corrected chi connectivity index (χ2v) is 6.05. The van der Waals surface area contributed by atoms with E-state index in [1.54, 1.807) is 11.3 Å². The molecule has 1 aliphatic heterocycles. The SMILES string of the molecule is NC1CCN(Cc2nc(-c3ccccc3)cs2)CC1. The first-order chi connectivity index (χ1) is 9.31. The van der Waals surface area contributed by atoms with Crippen molar-refractivity contribution >= 4 is 11.3 Å². The van der Waals surface area contributed by atoms with E-state index in [0.717, 1.165) is 38.2 Å². The van der Waals surface area contributed by atoms with Crippen molar-refractivity contribution < 1.29 is 0 Å². The molecule has 0 aliphatic carbocycles. The standard InChI is InChI=1S/C15H19N3S/c16-13-6-8-18(9-7-13)10-15-17-14(11-19-15)12-4-2-1-3-5-12/h1-5,11,13H,6-10,16H2. The minimum Gasteiger partial charge on any atom is -0.328 e. The number of thiazole rings is 1. The summed E-state index contributed by atoms with van der Waals surface area (Å²) in [6, 6.07) is 10.8. The Labute approximate surface area is 118 Å². The van der Waals surface area contributed by atoms with Crippen LogP contribution in [0, 0.1) is 0 Å². The summed E-state index contributed by atoms with van der Waals surface area (Å²) < 4.78 is 0. The molecule has 4 heteroatoms. The van der Waals surface area contributed by atoms with Crippen LogP contribution in [0.5, 0.6) is 0 Å². The van der Waals surface area contributed by atoms with Crippen molar-refractivity contribution in [2.75, 3.05) is 13.1 Å². The number of rotatable bonds is 3. The van der Waals surface area contributed by atoms with Crippen molar-refractivity contribution in [1.82, 2.24) is 9.88 Å². The number of hydrogen-bond acceptors (Lipinski definition) is 4. The molecule has 0 bridgehead atoms. The summed E-state index contributed by atoms with van der Waals surface area (Å²) in [7, 11) is 0. The van der Waals surface area contributed by atoms with Crippen LogP contribution in [0.3, 0.4) is 0 Å². The summed E-state index contributed by atoms with van der Waals surface area (Å²) in [5.41, 5.74) is 8.22. The maximum atomic E-state index is 5.93. The third kappa shape index (κ3) is 3.21. The monoisotopic (exact) mass is 273 g/mol. The van der Waals surface area contributed by atoms with Crippen LogP contribution in [-0.4, -0.2) is 29.0 Å². The molecule has 0 atom stereocenters. The zero-order valence-corrected chi connectivity index (χ0v) is 11.8. The number of piperidine rings is 1. The second-order valence-electron chi connectivity index (χ2n) is 5.11. The predicted octanol–water partition coefficient (Wildman–Crippen LogP) is 2.73. The summed E-state index contributed by atoms with van der Waals surface area (Å²) in [6.45, 7) is 3.16. The lowest BCUT2D eigenvalue weighted by molar-refractivity contribution is 0.205. The first-order valence-corrected chi connectivity index (χ1v) is 7.67. The van der Waals surface area contributed by atoms with E-state index >= 15 is 0 Å². The van der Waals surface area contributed by atoms with Gasteiger partial charge in [0, 0.05) is 30.1 Å². The third-order valence-electron chi connectivity index (χ3n) is 3.61. The van der Waals surface area contributed by atoms with E-state index in [0.29, 0.717) is 6.04 Å². The Bertz CT molecular complexity index is 515. The number of hydrogen-bond donors (Lipinski definition) is 1. The lowest BCUT2D eigenvalue weighted by atomic mass is 10.1. The zero-order valence-electron chi connectivity index (χ0n) is 11.0. The molecule has 3 rings (SSSR count). The summed E-state index contributed by atoms with van der Waals surface area (Å²) in [6.07, 6.45) is 2.22. The Hall–Kier alpha value is -1.23. The van der Waals surface area contributed by atoms with Crippen LogP contribution in [0.25, 0.3) is 11.3 Å². The second kappa shape index (κ2) is 5.82. The molecule has 0 radical (unpaired) electrons. The van der Waals surface area contributed by atoms with E-state index in [9.17, 15) is 0 Å². The molecule has 3 nitrogen and oxygen atoms in total. The van der Waals surface area contributed by atoms with E-state index in [4.69, 9.17) is 10.7 Å². The molecular weight excluding hydrogens is 254 g/mol. The molecule has 0 saturated carbocycles. The number of nitrogens with zero attached hydrogens (tertiary/aromatic N) is 2. The average Bonchev–Trinajstić information content (AvgIpc) is 2.91. The van der Waals surface area contributed by atoms with Gasteiger partial charge in [0.15, 0.2) is 0 Å². The van der Waals surface area contributed by atoms with Crippen LogP contribution in [0.15, 0.2) is 35.7 Å². The van der Waals surface area contributed by atoms with Gasteiger partial charge in [-0.2, -0.15) is 0 Å². The lowest BCUT2D eigenvalue weighted by Crippen LogP contribution is -2.39. The zero-order chi connectivity index (χ0) is 13.1. The molecule has 2 N–H and O–H groups in total. The van der Waals surface area contributed by atoms with Crippen LogP contribution in [-0.2, 0) is 6.54 Å². The third-order valence-corrected chi connectivity index (χ3v) is 4.45.